The molecule has 19 heavy (non-hydrogen) atoms. The molecule has 0 bridgehead atoms. The van der Waals surface area contributed by atoms with Crippen LogP contribution in [-0.2, 0) is 5.75 Å². The number of aromatic hydroxyl groups is 1. The van der Waals surface area contributed by atoms with Crippen LogP contribution in [0.5, 0.6) is 5.75 Å². The van der Waals surface area contributed by atoms with Gasteiger partial charge in [0.05, 0.1) is 5.69 Å². The second-order valence-electron chi connectivity index (χ2n) is 3.94. The van der Waals surface area contributed by atoms with Crippen LogP contribution in [0.4, 0.5) is 0 Å². The summed E-state index contributed by atoms with van der Waals surface area (Å²) in [6.45, 7) is 0. The summed E-state index contributed by atoms with van der Waals surface area (Å²) in [5, 5.41) is 16.6. The number of hydrogen-bond acceptors (Lipinski definition) is 5. The van der Waals surface area contributed by atoms with Crippen molar-refractivity contribution >= 4 is 34.4 Å². The second kappa shape index (κ2) is 5.77. The molecule has 1 N–H and O–H groups in total. The van der Waals surface area contributed by atoms with Gasteiger partial charge in [-0.25, -0.2) is 4.98 Å². The van der Waals surface area contributed by atoms with Crippen LogP contribution in [0, 0.1) is 0 Å². The van der Waals surface area contributed by atoms with E-state index in [9.17, 15) is 5.11 Å². The van der Waals surface area contributed by atoms with Gasteiger partial charge in [0.25, 0.3) is 0 Å². The molecular weight excluding hydrogens is 294 g/mol. The molecule has 0 fully saturated rings. The zero-order valence-corrected chi connectivity index (χ0v) is 12.4. The standard InChI is InChI=1S/C14H11NOS3/c16-12-1-3-13(4-2-12)18-8-11-9-19-14(15-11)10-5-6-17-7-10/h1-7,9,16H,8H2. The maximum atomic E-state index is 9.23. The van der Waals surface area contributed by atoms with Gasteiger partial charge >= 0.3 is 0 Å². The highest BCUT2D eigenvalue weighted by molar-refractivity contribution is 7.98. The third-order valence-electron chi connectivity index (χ3n) is 2.54. The van der Waals surface area contributed by atoms with Crippen molar-refractivity contribution in [3.05, 3.63) is 52.2 Å². The molecule has 0 aliphatic heterocycles. The van der Waals surface area contributed by atoms with Gasteiger partial charge in [0, 0.05) is 27.0 Å². The lowest BCUT2D eigenvalue weighted by Gasteiger charge is -1.99. The molecule has 3 rings (SSSR count). The first-order valence-electron chi connectivity index (χ1n) is 5.70. The van der Waals surface area contributed by atoms with Gasteiger partial charge in [0.15, 0.2) is 0 Å². The summed E-state index contributed by atoms with van der Waals surface area (Å²) >= 11 is 5.11. The Labute approximate surface area is 123 Å². The molecule has 0 amide bonds. The van der Waals surface area contributed by atoms with Crippen molar-refractivity contribution in [2.75, 3.05) is 0 Å². The summed E-state index contributed by atoms with van der Waals surface area (Å²) in [4.78, 5) is 5.78. The fourth-order valence-corrected chi connectivity index (χ4v) is 4.02. The summed E-state index contributed by atoms with van der Waals surface area (Å²) < 4.78 is 0. The average molecular weight is 305 g/mol. The maximum absolute atomic E-state index is 9.23. The summed E-state index contributed by atoms with van der Waals surface area (Å²) in [6, 6.07) is 9.36. The Bertz CT molecular complexity index is 644. The van der Waals surface area contributed by atoms with Crippen molar-refractivity contribution < 1.29 is 5.11 Å². The van der Waals surface area contributed by atoms with Crippen LogP contribution in [0.15, 0.2) is 51.4 Å². The van der Waals surface area contributed by atoms with Gasteiger partial charge in [-0.3, -0.25) is 0 Å². The van der Waals surface area contributed by atoms with E-state index in [1.54, 1.807) is 46.6 Å². The van der Waals surface area contributed by atoms with Crippen LogP contribution in [0.3, 0.4) is 0 Å². The Kier molecular flexibility index (Phi) is 3.87. The molecule has 0 aliphatic carbocycles. The monoisotopic (exact) mass is 305 g/mol. The maximum Gasteiger partial charge on any atom is 0.124 e. The Balaban J connectivity index is 1.66. The summed E-state index contributed by atoms with van der Waals surface area (Å²) in [5.74, 6) is 1.16. The molecule has 0 atom stereocenters. The highest BCUT2D eigenvalue weighted by Gasteiger charge is 2.05. The number of thiazole rings is 1. The number of thioether (sulfide) groups is 1. The predicted octanol–water partition coefficient (Wildman–Crippen LogP) is 4.87. The van der Waals surface area contributed by atoms with Gasteiger partial charge in [-0.05, 0) is 35.7 Å². The van der Waals surface area contributed by atoms with Gasteiger partial charge < -0.3 is 5.11 Å². The number of thiophene rings is 1. The van der Waals surface area contributed by atoms with E-state index >= 15 is 0 Å². The van der Waals surface area contributed by atoms with Crippen molar-refractivity contribution in [2.45, 2.75) is 10.6 Å². The normalized spacial score (nSPS) is 10.7. The molecule has 3 aromatic rings. The third-order valence-corrected chi connectivity index (χ3v) is 5.21. The smallest absolute Gasteiger partial charge is 0.124 e. The van der Waals surface area contributed by atoms with E-state index in [0.29, 0.717) is 5.75 Å². The molecule has 0 saturated carbocycles. The van der Waals surface area contributed by atoms with E-state index in [4.69, 9.17) is 0 Å². The quantitative estimate of drug-likeness (QED) is 0.698. The Morgan fingerprint density at radius 3 is 2.68 bits per heavy atom. The van der Waals surface area contributed by atoms with Crippen molar-refractivity contribution in [1.29, 1.82) is 0 Å². The van der Waals surface area contributed by atoms with Crippen LogP contribution in [0.1, 0.15) is 5.69 Å². The summed E-state index contributed by atoms with van der Waals surface area (Å²) in [6.07, 6.45) is 0. The van der Waals surface area contributed by atoms with Crippen molar-refractivity contribution in [3.63, 3.8) is 0 Å². The largest absolute Gasteiger partial charge is 0.508 e. The average Bonchev–Trinajstić information content (AvgIpc) is 3.09. The SMILES string of the molecule is Oc1ccc(SCc2csc(-c3ccsc3)n2)cc1. The van der Waals surface area contributed by atoms with Gasteiger partial charge in [-0.1, -0.05) is 0 Å². The highest BCUT2D eigenvalue weighted by Crippen LogP contribution is 2.29. The molecule has 2 aromatic heterocycles. The van der Waals surface area contributed by atoms with Crippen LogP contribution < -0.4 is 0 Å². The van der Waals surface area contributed by atoms with Crippen LogP contribution in [0.25, 0.3) is 10.6 Å². The zero-order chi connectivity index (χ0) is 13.1. The van der Waals surface area contributed by atoms with Crippen LogP contribution in [0.2, 0.25) is 0 Å². The minimum Gasteiger partial charge on any atom is -0.508 e. The van der Waals surface area contributed by atoms with Crippen LogP contribution in [-0.4, -0.2) is 10.1 Å². The lowest BCUT2D eigenvalue weighted by molar-refractivity contribution is 0.475. The molecule has 0 spiro atoms. The van der Waals surface area contributed by atoms with E-state index in [-0.39, 0.29) is 0 Å². The Morgan fingerprint density at radius 2 is 1.95 bits per heavy atom. The highest BCUT2D eigenvalue weighted by atomic mass is 32.2. The van der Waals surface area contributed by atoms with E-state index < -0.39 is 0 Å². The minimum atomic E-state index is 0.303. The van der Waals surface area contributed by atoms with E-state index in [0.717, 1.165) is 21.3 Å². The molecule has 96 valence electrons. The fraction of sp³-hybridized carbons (Fsp3) is 0.0714. The molecule has 0 radical (unpaired) electrons. The number of benzene rings is 1. The van der Waals surface area contributed by atoms with Crippen LogP contribution >= 0.6 is 34.4 Å². The second-order valence-corrected chi connectivity index (χ2v) is 6.63. The molecule has 1 aromatic carbocycles. The van der Waals surface area contributed by atoms with E-state index in [2.05, 4.69) is 27.2 Å². The first-order valence-corrected chi connectivity index (χ1v) is 8.51. The molecule has 5 heteroatoms. The van der Waals surface area contributed by atoms with Crippen molar-refractivity contribution in [3.8, 4) is 16.3 Å². The molecular formula is C14H11NOS3. The predicted molar refractivity (Wildman–Crippen MR) is 83.1 cm³/mol. The van der Waals surface area contributed by atoms with Gasteiger partial charge in [0.2, 0.25) is 0 Å². The van der Waals surface area contributed by atoms with E-state index in [1.807, 2.05) is 12.1 Å². The topological polar surface area (TPSA) is 33.1 Å². The van der Waals surface area contributed by atoms with E-state index in [1.165, 1.54) is 5.56 Å². The lowest BCUT2D eigenvalue weighted by Crippen LogP contribution is -1.81. The number of rotatable bonds is 4. The van der Waals surface area contributed by atoms with Gasteiger partial charge in [0.1, 0.15) is 10.8 Å². The van der Waals surface area contributed by atoms with Crippen molar-refractivity contribution in [1.82, 2.24) is 4.98 Å². The summed E-state index contributed by atoms with van der Waals surface area (Å²) in [7, 11) is 0. The number of phenols is 1. The fourth-order valence-electron chi connectivity index (χ4n) is 1.59. The zero-order valence-electron chi connectivity index (χ0n) is 9.95. The van der Waals surface area contributed by atoms with Gasteiger partial charge in [-0.2, -0.15) is 11.3 Å². The molecule has 2 heterocycles. The minimum absolute atomic E-state index is 0.303. The molecule has 2 nitrogen and oxygen atoms in total. The number of hydrogen-bond donors (Lipinski definition) is 1. The number of aromatic nitrogens is 1. The lowest BCUT2D eigenvalue weighted by atomic mass is 10.3. The molecule has 0 unspecified atom stereocenters. The number of phenolic OH excluding ortho intramolecular Hbond substituents is 1. The Hall–Kier alpha value is -1.30. The third kappa shape index (κ3) is 3.18. The molecule has 0 aliphatic rings. The molecule has 0 saturated heterocycles. The van der Waals surface area contributed by atoms with Crippen molar-refractivity contribution in [2.24, 2.45) is 0 Å². The number of nitrogens with zero attached hydrogens (tertiary/aromatic N) is 1. The van der Waals surface area contributed by atoms with Gasteiger partial charge in [-0.15, -0.1) is 23.1 Å². The first kappa shape index (κ1) is 12.7. The first-order chi connectivity index (χ1) is 9.31. The Morgan fingerprint density at radius 1 is 1.11 bits per heavy atom. The summed E-state index contributed by atoms with van der Waals surface area (Å²) in [5.41, 5.74) is 2.31.